The predicted octanol–water partition coefficient (Wildman–Crippen LogP) is 2.40. The van der Waals surface area contributed by atoms with E-state index in [4.69, 9.17) is 4.74 Å². The van der Waals surface area contributed by atoms with Crippen LogP contribution in [0.5, 0.6) is 5.75 Å². The van der Waals surface area contributed by atoms with Gasteiger partial charge in [0.1, 0.15) is 18.5 Å². The number of tetrazole rings is 1. The molecule has 1 unspecified atom stereocenters. The maximum atomic E-state index is 10.2. The summed E-state index contributed by atoms with van der Waals surface area (Å²) in [5, 5.41) is 22.5. The first-order valence-corrected chi connectivity index (χ1v) is 7.84. The van der Waals surface area contributed by atoms with Crippen molar-refractivity contribution in [3.63, 3.8) is 0 Å². The van der Waals surface area contributed by atoms with Crippen LogP contribution in [0, 0.1) is 13.8 Å². The number of hydrogen-bond donors (Lipinski definition) is 1. The van der Waals surface area contributed by atoms with Crippen molar-refractivity contribution in [1.29, 1.82) is 0 Å². The Morgan fingerprint density at radius 2 is 1.75 bits per heavy atom. The van der Waals surface area contributed by atoms with E-state index in [1.807, 2.05) is 62.4 Å². The Kier molecular flexibility index (Phi) is 4.86. The zero-order chi connectivity index (χ0) is 16.9. The third-order valence-electron chi connectivity index (χ3n) is 3.69. The summed E-state index contributed by atoms with van der Waals surface area (Å²) in [6.45, 7) is 4.37. The summed E-state index contributed by atoms with van der Waals surface area (Å²) in [6.07, 6.45) is -0.721. The Morgan fingerprint density at radius 1 is 1.04 bits per heavy atom. The molecule has 0 amide bonds. The summed E-state index contributed by atoms with van der Waals surface area (Å²) in [4.78, 5) is 1.39. The molecular weight excluding hydrogens is 304 g/mol. The molecule has 1 aromatic heterocycles. The van der Waals surface area contributed by atoms with Gasteiger partial charge in [0.2, 0.25) is 5.82 Å². The van der Waals surface area contributed by atoms with Gasteiger partial charge in [0.05, 0.1) is 6.54 Å². The van der Waals surface area contributed by atoms with Crippen molar-refractivity contribution in [3.8, 4) is 17.1 Å². The Labute approximate surface area is 140 Å². The maximum absolute atomic E-state index is 10.2. The lowest BCUT2D eigenvalue weighted by atomic mass is 10.1. The van der Waals surface area contributed by atoms with Gasteiger partial charge in [0.15, 0.2) is 0 Å². The van der Waals surface area contributed by atoms with Gasteiger partial charge >= 0.3 is 0 Å². The Morgan fingerprint density at radius 3 is 2.46 bits per heavy atom. The number of ether oxygens (including phenoxy) is 1. The number of aliphatic hydroxyl groups excluding tert-OH is 1. The van der Waals surface area contributed by atoms with E-state index in [1.165, 1.54) is 4.80 Å². The van der Waals surface area contributed by atoms with E-state index in [-0.39, 0.29) is 13.2 Å². The molecule has 2 aromatic carbocycles. The van der Waals surface area contributed by atoms with Crippen LogP contribution in [0.4, 0.5) is 0 Å². The van der Waals surface area contributed by atoms with Crippen LogP contribution >= 0.6 is 0 Å². The van der Waals surface area contributed by atoms with Gasteiger partial charge in [-0.25, -0.2) is 0 Å². The van der Waals surface area contributed by atoms with Gasteiger partial charge in [-0.1, -0.05) is 48.5 Å². The molecule has 24 heavy (non-hydrogen) atoms. The molecule has 0 saturated carbocycles. The highest BCUT2D eigenvalue weighted by molar-refractivity contribution is 5.52. The lowest BCUT2D eigenvalue weighted by Gasteiger charge is -2.15. The van der Waals surface area contributed by atoms with E-state index in [1.54, 1.807) is 0 Å². The van der Waals surface area contributed by atoms with Crippen molar-refractivity contribution in [2.24, 2.45) is 0 Å². The van der Waals surface area contributed by atoms with Crippen LogP contribution in [0.2, 0.25) is 0 Å². The Bertz CT molecular complexity index is 782. The first kappa shape index (κ1) is 16.1. The zero-order valence-corrected chi connectivity index (χ0v) is 13.8. The molecule has 6 nitrogen and oxygen atoms in total. The second-order valence-electron chi connectivity index (χ2n) is 5.72. The number of hydrogen-bond acceptors (Lipinski definition) is 5. The topological polar surface area (TPSA) is 73.1 Å². The second kappa shape index (κ2) is 7.23. The summed E-state index contributed by atoms with van der Waals surface area (Å²) in [7, 11) is 0. The van der Waals surface area contributed by atoms with Gasteiger partial charge in [0, 0.05) is 5.56 Å². The van der Waals surface area contributed by atoms with Gasteiger partial charge in [-0.3, -0.25) is 0 Å². The molecule has 3 rings (SSSR count). The van der Waals surface area contributed by atoms with Crippen molar-refractivity contribution >= 4 is 0 Å². The molecule has 124 valence electrons. The van der Waals surface area contributed by atoms with Crippen LogP contribution in [0.15, 0.2) is 48.5 Å². The minimum atomic E-state index is -0.721. The van der Waals surface area contributed by atoms with Crippen molar-refractivity contribution in [3.05, 3.63) is 59.7 Å². The third kappa shape index (κ3) is 3.78. The number of rotatable bonds is 6. The molecule has 0 radical (unpaired) electrons. The monoisotopic (exact) mass is 324 g/mol. The molecule has 3 aromatic rings. The number of aliphatic hydroxyl groups is 1. The van der Waals surface area contributed by atoms with Gasteiger partial charge in [0.25, 0.3) is 0 Å². The smallest absolute Gasteiger partial charge is 0.204 e. The fraction of sp³-hybridized carbons (Fsp3) is 0.278. The predicted molar refractivity (Wildman–Crippen MR) is 90.7 cm³/mol. The molecule has 1 N–H and O–H groups in total. The summed E-state index contributed by atoms with van der Waals surface area (Å²) < 4.78 is 5.75. The van der Waals surface area contributed by atoms with Gasteiger partial charge < -0.3 is 9.84 Å². The molecule has 1 heterocycles. The van der Waals surface area contributed by atoms with E-state index >= 15 is 0 Å². The largest absolute Gasteiger partial charge is 0.490 e. The molecule has 0 aliphatic heterocycles. The maximum Gasteiger partial charge on any atom is 0.204 e. The summed E-state index contributed by atoms with van der Waals surface area (Å²) in [6, 6.07) is 15.6. The highest BCUT2D eigenvalue weighted by Gasteiger charge is 2.12. The third-order valence-corrected chi connectivity index (χ3v) is 3.69. The quantitative estimate of drug-likeness (QED) is 0.754. The normalized spacial score (nSPS) is 12.1. The summed E-state index contributed by atoms with van der Waals surface area (Å²) in [5.74, 6) is 1.35. The summed E-state index contributed by atoms with van der Waals surface area (Å²) in [5.41, 5.74) is 2.99. The lowest BCUT2D eigenvalue weighted by Crippen LogP contribution is -2.25. The number of benzene rings is 2. The van der Waals surface area contributed by atoms with Gasteiger partial charge in [-0.05, 0) is 30.2 Å². The van der Waals surface area contributed by atoms with E-state index in [0.29, 0.717) is 5.82 Å². The van der Waals surface area contributed by atoms with E-state index < -0.39 is 6.10 Å². The van der Waals surface area contributed by atoms with Crippen LogP contribution in [-0.4, -0.2) is 38.0 Å². The van der Waals surface area contributed by atoms with Crippen LogP contribution in [-0.2, 0) is 6.54 Å². The van der Waals surface area contributed by atoms with Crippen molar-refractivity contribution in [2.75, 3.05) is 6.61 Å². The minimum absolute atomic E-state index is 0.175. The van der Waals surface area contributed by atoms with Crippen molar-refractivity contribution in [1.82, 2.24) is 20.2 Å². The van der Waals surface area contributed by atoms with Crippen LogP contribution in [0.1, 0.15) is 11.1 Å². The van der Waals surface area contributed by atoms with E-state index in [2.05, 4.69) is 15.4 Å². The summed E-state index contributed by atoms with van der Waals surface area (Å²) >= 11 is 0. The standard InChI is InChI=1S/C18H20N4O2/c1-13-7-6-8-14(2)17(13)24-12-16(23)11-22-20-18(19-21-22)15-9-4-3-5-10-15/h3-10,16,23H,11-12H2,1-2H3. The van der Waals surface area contributed by atoms with Crippen molar-refractivity contribution in [2.45, 2.75) is 26.5 Å². The average molecular weight is 324 g/mol. The molecular formula is C18H20N4O2. The molecule has 0 aliphatic rings. The first-order chi connectivity index (χ1) is 11.6. The van der Waals surface area contributed by atoms with Crippen LogP contribution in [0.3, 0.4) is 0 Å². The van der Waals surface area contributed by atoms with Gasteiger partial charge in [-0.2, -0.15) is 4.80 Å². The van der Waals surface area contributed by atoms with Crippen LogP contribution < -0.4 is 4.74 Å². The molecule has 6 heteroatoms. The Hall–Kier alpha value is -2.73. The fourth-order valence-electron chi connectivity index (χ4n) is 2.47. The van der Waals surface area contributed by atoms with E-state index in [0.717, 1.165) is 22.4 Å². The second-order valence-corrected chi connectivity index (χ2v) is 5.72. The zero-order valence-electron chi connectivity index (χ0n) is 13.8. The molecule has 1 atom stereocenters. The SMILES string of the molecule is Cc1cccc(C)c1OCC(O)Cn1nnc(-c2ccccc2)n1. The highest BCUT2D eigenvalue weighted by atomic mass is 16.5. The van der Waals surface area contributed by atoms with E-state index in [9.17, 15) is 5.11 Å². The van der Waals surface area contributed by atoms with Gasteiger partial charge in [-0.15, -0.1) is 10.2 Å². The average Bonchev–Trinajstić information content (AvgIpc) is 3.03. The number of aromatic nitrogens is 4. The Balaban J connectivity index is 1.59. The lowest BCUT2D eigenvalue weighted by molar-refractivity contribution is 0.0844. The van der Waals surface area contributed by atoms with Crippen LogP contribution in [0.25, 0.3) is 11.4 Å². The molecule has 0 spiro atoms. The number of nitrogens with zero attached hydrogens (tertiary/aromatic N) is 4. The van der Waals surface area contributed by atoms with Crippen molar-refractivity contribution < 1.29 is 9.84 Å². The molecule has 0 bridgehead atoms. The molecule has 0 fully saturated rings. The highest BCUT2D eigenvalue weighted by Crippen LogP contribution is 2.22. The number of para-hydroxylation sites is 1. The minimum Gasteiger partial charge on any atom is -0.490 e. The first-order valence-electron chi connectivity index (χ1n) is 7.84. The molecule has 0 aliphatic carbocycles. The fourth-order valence-corrected chi connectivity index (χ4v) is 2.47. The number of aryl methyl sites for hydroxylation is 2. The molecule has 0 saturated heterocycles.